The second kappa shape index (κ2) is 6.64. The smallest absolute Gasteiger partial charge is 0.371 e. The number of carboxylic acids is 1. The molecule has 1 aliphatic rings. The molecule has 0 bridgehead atoms. The highest BCUT2D eigenvalue weighted by atomic mass is 35.5. The Morgan fingerprint density at radius 1 is 1.22 bits per heavy atom. The minimum Gasteiger partial charge on any atom is -0.475 e. The topological polar surface area (TPSA) is 56.9 Å². The van der Waals surface area contributed by atoms with Crippen LogP contribution >= 0.6 is 11.6 Å². The van der Waals surface area contributed by atoms with Crippen LogP contribution in [0.4, 0.5) is 5.69 Å². The molecule has 2 aromatic rings. The molecule has 1 N–H and O–H groups in total. The van der Waals surface area contributed by atoms with E-state index in [4.69, 9.17) is 21.1 Å². The average Bonchev–Trinajstić information content (AvgIpc) is 3.04. The number of carbonyl (C=O) groups is 1. The van der Waals surface area contributed by atoms with Crippen LogP contribution < -0.4 is 4.90 Å². The van der Waals surface area contributed by atoms with E-state index < -0.39 is 5.97 Å². The van der Waals surface area contributed by atoms with Gasteiger partial charge in [0.1, 0.15) is 5.76 Å². The van der Waals surface area contributed by atoms with Gasteiger partial charge in [0.05, 0.1) is 6.04 Å². The van der Waals surface area contributed by atoms with Crippen molar-refractivity contribution in [2.75, 3.05) is 31.1 Å². The van der Waals surface area contributed by atoms with Gasteiger partial charge >= 0.3 is 5.97 Å². The largest absolute Gasteiger partial charge is 0.475 e. The van der Waals surface area contributed by atoms with Crippen molar-refractivity contribution in [3.05, 3.63) is 52.9 Å². The molecular weight excluding hydrogens is 316 g/mol. The summed E-state index contributed by atoms with van der Waals surface area (Å²) >= 11 is 6.05. The van der Waals surface area contributed by atoms with E-state index in [9.17, 15) is 4.79 Å². The van der Waals surface area contributed by atoms with E-state index in [0.717, 1.165) is 36.9 Å². The number of hydrogen-bond acceptors (Lipinski definition) is 4. The fourth-order valence-corrected chi connectivity index (χ4v) is 3.10. The van der Waals surface area contributed by atoms with Crippen molar-refractivity contribution >= 4 is 23.3 Å². The summed E-state index contributed by atoms with van der Waals surface area (Å²) in [5.41, 5.74) is 1.14. The number of piperazine rings is 1. The van der Waals surface area contributed by atoms with Crippen LogP contribution in [0.25, 0.3) is 0 Å². The van der Waals surface area contributed by atoms with Crippen molar-refractivity contribution in [2.24, 2.45) is 0 Å². The van der Waals surface area contributed by atoms with Gasteiger partial charge in [-0.05, 0) is 37.3 Å². The third-order valence-corrected chi connectivity index (χ3v) is 4.52. The number of halogens is 1. The lowest BCUT2D eigenvalue weighted by Crippen LogP contribution is -2.47. The van der Waals surface area contributed by atoms with E-state index >= 15 is 0 Å². The first-order valence-corrected chi connectivity index (χ1v) is 8.00. The first-order chi connectivity index (χ1) is 11.0. The van der Waals surface area contributed by atoms with Crippen LogP contribution in [-0.4, -0.2) is 42.2 Å². The Morgan fingerprint density at radius 3 is 2.57 bits per heavy atom. The average molecular weight is 335 g/mol. The molecule has 1 aliphatic heterocycles. The minimum atomic E-state index is -1.03. The van der Waals surface area contributed by atoms with Gasteiger partial charge in [-0.1, -0.05) is 17.7 Å². The third kappa shape index (κ3) is 3.51. The number of nitrogens with zero attached hydrogens (tertiary/aromatic N) is 2. The van der Waals surface area contributed by atoms with Crippen molar-refractivity contribution in [3.8, 4) is 0 Å². The molecule has 3 rings (SSSR count). The van der Waals surface area contributed by atoms with E-state index in [1.165, 1.54) is 6.07 Å². The summed E-state index contributed by atoms with van der Waals surface area (Å²) in [6.07, 6.45) is 0. The highest BCUT2D eigenvalue weighted by Crippen LogP contribution is 2.26. The molecule has 1 aromatic heterocycles. The van der Waals surface area contributed by atoms with E-state index in [2.05, 4.69) is 15.9 Å². The van der Waals surface area contributed by atoms with Crippen LogP contribution in [0.15, 0.2) is 40.8 Å². The molecule has 1 saturated heterocycles. The summed E-state index contributed by atoms with van der Waals surface area (Å²) < 4.78 is 5.42. The Bertz CT molecular complexity index is 693. The monoisotopic (exact) mass is 334 g/mol. The molecule has 2 heterocycles. The van der Waals surface area contributed by atoms with Crippen molar-refractivity contribution in [3.63, 3.8) is 0 Å². The molecule has 1 unspecified atom stereocenters. The molecule has 0 radical (unpaired) electrons. The number of anilines is 1. The van der Waals surface area contributed by atoms with Crippen LogP contribution in [0.1, 0.15) is 29.3 Å². The number of hydrogen-bond donors (Lipinski definition) is 1. The summed E-state index contributed by atoms with van der Waals surface area (Å²) in [6.45, 7) is 5.61. The van der Waals surface area contributed by atoms with E-state index in [-0.39, 0.29) is 11.8 Å². The molecule has 0 aliphatic carbocycles. The van der Waals surface area contributed by atoms with Gasteiger partial charge in [0.2, 0.25) is 5.76 Å². The van der Waals surface area contributed by atoms with Crippen LogP contribution in [0, 0.1) is 0 Å². The molecule has 0 amide bonds. The van der Waals surface area contributed by atoms with Gasteiger partial charge in [-0.25, -0.2) is 4.79 Å². The summed E-state index contributed by atoms with van der Waals surface area (Å²) in [7, 11) is 0. The van der Waals surface area contributed by atoms with Crippen LogP contribution in [0.2, 0.25) is 5.02 Å². The fraction of sp³-hybridized carbons (Fsp3) is 0.353. The van der Waals surface area contributed by atoms with Gasteiger partial charge in [-0.15, -0.1) is 0 Å². The molecule has 0 spiro atoms. The van der Waals surface area contributed by atoms with Crippen molar-refractivity contribution in [2.45, 2.75) is 13.0 Å². The van der Waals surface area contributed by atoms with Crippen LogP contribution in [-0.2, 0) is 0 Å². The molecule has 122 valence electrons. The molecule has 23 heavy (non-hydrogen) atoms. The lowest BCUT2D eigenvalue weighted by Gasteiger charge is -2.38. The lowest BCUT2D eigenvalue weighted by molar-refractivity contribution is 0.0655. The van der Waals surface area contributed by atoms with Gasteiger partial charge in [0, 0.05) is 36.9 Å². The van der Waals surface area contributed by atoms with E-state index in [1.54, 1.807) is 6.07 Å². The van der Waals surface area contributed by atoms with Crippen molar-refractivity contribution in [1.82, 2.24) is 4.90 Å². The van der Waals surface area contributed by atoms with Gasteiger partial charge in [-0.2, -0.15) is 0 Å². The van der Waals surface area contributed by atoms with Crippen LogP contribution in [0.3, 0.4) is 0 Å². The Hall–Kier alpha value is -1.98. The summed E-state index contributed by atoms with van der Waals surface area (Å²) in [6, 6.07) is 11.2. The first-order valence-electron chi connectivity index (χ1n) is 7.62. The molecule has 1 fully saturated rings. The van der Waals surface area contributed by atoms with Crippen molar-refractivity contribution in [1.29, 1.82) is 0 Å². The molecular formula is C17H19ClN2O3. The molecule has 5 nitrogen and oxygen atoms in total. The second-order valence-corrected chi connectivity index (χ2v) is 6.12. The van der Waals surface area contributed by atoms with Gasteiger partial charge in [0.25, 0.3) is 0 Å². The summed E-state index contributed by atoms with van der Waals surface area (Å²) in [5, 5.41) is 9.69. The summed E-state index contributed by atoms with van der Waals surface area (Å²) in [5.74, 6) is -0.350. The Labute approximate surface area is 140 Å². The predicted molar refractivity (Wildman–Crippen MR) is 89.3 cm³/mol. The molecule has 0 saturated carbocycles. The number of benzene rings is 1. The predicted octanol–water partition coefficient (Wildman–Crippen LogP) is 3.51. The first kappa shape index (κ1) is 15.9. The molecule has 6 heteroatoms. The van der Waals surface area contributed by atoms with E-state index in [0.29, 0.717) is 5.76 Å². The summed E-state index contributed by atoms with van der Waals surface area (Å²) in [4.78, 5) is 15.5. The maximum absolute atomic E-state index is 10.9. The Morgan fingerprint density at radius 2 is 1.96 bits per heavy atom. The lowest BCUT2D eigenvalue weighted by atomic mass is 10.1. The number of aromatic carboxylic acids is 1. The Kier molecular flexibility index (Phi) is 4.59. The second-order valence-electron chi connectivity index (χ2n) is 5.69. The SMILES string of the molecule is CC(c1ccc(C(=O)O)o1)N1CCN(c2cccc(Cl)c2)CC1. The zero-order valence-corrected chi connectivity index (χ0v) is 13.7. The standard InChI is InChI=1S/C17H19ClN2O3/c1-12(15-5-6-16(23-15)17(21)22)19-7-9-20(10-8-19)14-4-2-3-13(18)11-14/h2-6,11-12H,7-10H2,1H3,(H,21,22). The number of rotatable bonds is 4. The number of carboxylic acid groups (broad SMARTS) is 1. The van der Waals surface area contributed by atoms with Gasteiger partial charge in [0.15, 0.2) is 0 Å². The maximum atomic E-state index is 10.9. The highest BCUT2D eigenvalue weighted by Gasteiger charge is 2.24. The van der Waals surface area contributed by atoms with Crippen LogP contribution in [0.5, 0.6) is 0 Å². The van der Waals surface area contributed by atoms with Gasteiger partial charge < -0.3 is 14.4 Å². The zero-order valence-electron chi connectivity index (χ0n) is 12.9. The third-order valence-electron chi connectivity index (χ3n) is 4.28. The molecule has 1 aromatic carbocycles. The van der Waals surface area contributed by atoms with Crippen molar-refractivity contribution < 1.29 is 14.3 Å². The van der Waals surface area contributed by atoms with E-state index in [1.807, 2.05) is 25.1 Å². The quantitative estimate of drug-likeness (QED) is 0.927. The Balaban J connectivity index is 1.62. The fourth-order valence-electron chi connectivity index (χ4n) is 2.91. The van der Waals surface area contributed by atoms with Gasteiger partial charge in [-0.3, -0.25) is 4.90 Å². The normalized spacial score (nSPS) is 17.2. The molecule has 1 atom stereocenters. The number of furan rings is 1. The highest BCUT2D eigenvalue weighted by molar-refractivity contribution is 6.30. The maximum Gasteiger partial charge on any atom is 0.371 e. The minimum absolute atomic E-state index is 0.00980. The zero-order chi connectivity index (χ0) is 16.4.